The standard InChI is InChI=1S/CH3Cl5N3P3/c1-10(2)7-11(3,4)9-12(5,6)8-10/h1H3. The molecule has 0 spiro atoms. The van der Waals surface area contributed by atoms with Crippen LogP contribution in [0.1, 0.15) is 0 Å². The van der Waals surface area contributed by atoms with Gasteiger partial charge in [-0.2, -0.15) is 13.5 Å². The fourth-order valence-electron chi connectivity index (χ4n) is 0.576. The van der Waals surface area contributed by atoms with E-state index in [0.717, 1.165) is 0 Å². The molecule has 0 saturated heterocycles. The van der Waals surface area contributed by atoms with E-state index in [9.17, 15) is 0 Å². The van der Waals surface area contributed by atoms with Gasteiger partial charge in [0.05, 0.1) is 0 Å². The van der Waals surface area contributed by atoms with Crippen molar-refractivity contribution in [3.05, 3.63) is 0 Å². The summed E-state index contributed by atoms with van der Waals surface area (Å²) in [7, 11) is 0. The second-order valence-corrected chi connectivity index (χ2v) is 16.2. The maximum Gasteiger partial charge on any atom is 0.256 e. The van der Waals surface area contributed by atoms with E-state index in [1.54, 1.807) is 6.66 Å². The molecule has 0 fully saturated rings. The first-order chi connectivity index (χ1) is 5.12. The Kier molecular flexibility index (Phi) is 3.68. The Morgan fingerprint density at radius 2 is 1.17 bits per heavy atom. The maximum absolute atomic E-state index is 5.88. The van der Waals surface area contributed by atoms with E-state index < -0.39 is 18.4 Å². The van der Waals surface area contributed by atoms with Crippen LogP contribution in [0.2, 0.25) is 0 Å². The number of hydrogen-bond donors (Lipinski definition) is 0. The minimum absolute atomic E-state index is 1.61. The highest BCUT2D eigenvalue weighted by atomic mass is 35.9. The average molecular weight is 327 g/mol. The maximum atomic E-state index is 5.88. The van der Waals surface area contributed by atoms with Crippen LogP contribution < -0.4 is 0 Å². The van der Waals surface area contributed by atoms with Crippen LogP contribution in [0.25, 0.3) is 0 Å². The zero-order chi connectivity index (χ0) is 9.62. The molecule has 0 radical (unpaired) electrons. The predicted molar refractivity (Wildman–Crippen MR) is 63.2 cm³/mol. The Balaban J connectivity index is 3.46. The van der Waals surface area contributed by atoms with Crippen LogP contribution in [0.5, 0.6) is 0 Å². The highest BCUT2D eigenvalue weighted by Crippen LogP contribution is 2.85. The zero-order valence-corrected chi connectivity index (χ0v) is 12.0. The minimum atomic E-state index is -2.78. The summed E-state index contributed by atoms with van der Waals surface area (Å²) < 4.78 is 11.5. The summed E-state index contributed by atoms with van der Waals surface area (Å²) >= 11 is 28.8. The van der Waals surface area contributed by atoms with Crippen LogP contribution in [-0.2, 0) is 0 Å². The van der Waals surface area contributed by atoms with Crippen molar-refractivity contribution >= 4 is 74.6 Å². The Morgan fingerprint density at radius 3 is 1.50 bits per heavy atom. The Labute approximate surface area is 94.3 Å². The highest BCUT2D eigenvalue weighted by Gasteiger charge is 2.28. The number of halogens is 5. The largest absolute Gasteiger partial charge is 0.256 e. The third-order valence-electron chi connectivity index (χ3n) is 0.757. The van der Waals surface area contributed by atoms with E-state index in [-0.39, 0.29) is 0 Å². The van der Waals surface area contributed by atoms with Gasteiger partial charge in [0.2, 0.25) is 0 Å². The lowest BCUT2D eigenvalue weighted by atomic mass is 12.0. The topological polar surface area (TPSA) is 37.1 Å². The van der Waals surface area contributed by atoms with Gasteiger partial charge in [-0.15, -0.1) is 0 Å². The summed E-state index contributed by atoms with van der Waals surface area (Å²) in [6, 6.07) is 0. The van der Waals surface area contributed by atoms with Crippen molar-refractivity contribution < 1.29 is 0 Å². The molecule has 0 bridgehead atoms. The molecule has 0 saturated carbocycles. The summed E-state index contributed by atoms with van der Waals surface area (Å²) in [5.74, 6) is -5.55. The number of hydrogen-bond acceptors (Lipinski definition) is 3. The molecule has 72 valence electrons. The number of nitrogens with zero attached hydrogens (tertiary/aromatic N) is 3. The third-order valence-corrected chi connectivity index (χ3v) is 12.9. The molecule has 1 rings (SSSR count). The summed E-state index contributed by atoms with van der Waals surface area (Å²) in [4.78, 5) is 0. The predicted octanol–water partition coefficient (Wildman–Crippen LogP) is 6.75. The first kappa shape index (κ1) is 12.2. The second-order valence-electron chi connectivity index (χ2n) is 1.99. The lowest BCUT2D eigenvalue weighted by Crippen LogP contribution is -1.66. The van der Waals surface area contributed by atoms with Gasteiger partial charge in [0.25, 0.3) is 11.8 Å². The molecule has 0 aromatic rings. The normalized spacial score (nSPS) is 37.5. The first-order valence-corrected chi connectivity index (χ1v) is 12.5. The van der Waals surface area contributed by atoms with Crippen molar-refractivity contribution in [1.29, 1.82) is 0 Å². The summed E-state index contributed by atoms with van der Waals surface area (Å²) in [5.41, 5.74) is 0. The highest BCUT2D eigenvalue weighted by molar-refractivity contribution is 8.22. The molecule has 0 aromatic heterocycles. The monoisotopic (exact) mass is 325 g/mol. The first-order valence-electron chi connectivity index (χ1n) is 2.49. The van der Waals surface area contributed by atoms with Gasteiger partial charge >= 0.3 is 0 Å². The molecule has 1 unspecified atom stereocenters. The molecule has 11 heteroatoms. The van der Waals surface area contributed by atoms with Crippen LogP contribution in [0.3, 0.4) is 0 Å². The smallest absolute Gasteiger partial charge is 0.199 e. The zero-order valence-electron chi connectivity index (χ0n) is 5.57. The van der Waals surface area contributed by atoms with E-state index in [4.69, 9.17) is 56.2 Å². The van der Waals surface area contributed by atoms with Gasteiger partial charge in [0.15, 0.2) is 6.56 Å². The van der Waals surface area contributed by atoms with Crippen LogP contribution in [-0.4, -0.2) is 6.66 Å². The Bertz CT molecular complexity index is 279. The minimum Gasteiger partial charge on any atom is -0.199 e. The molecule has 0 amide bonds. The van der Waals surface area contributed by atoms with Crippen LogP contribution in [0, 0.1) is 0 Å². The van der Waals surface area contributed by atoms with Crippen LogP contribution in [0.15, 0.2) is 13.5 Å². The molecule has 1 heterocycles. The van der Waals surface area contributed by atoms with E-state index >= 15 is 0 Å². The molecule has 12 heavy (non-hydrogen) atoms. The average Bonchev–Trinajstić information content (AvgIpc) is 1.44. The Morgan fingerprint density at radius 1 is 0.750 bits per heavy atom. The van der Waals surface area contributed by atoms with Crippen molar-refractivity contribution in [2.24, 2.45) is 13.5 Å². The number of rotatable bonds is 0. The molecular weight excluding hydrogens is 324 g/mol. The van der Waals surface area contributed by atoms with Crippen molar-refractivity contribution in [2.45, 2.75) is 0 Å². The molecule has 1 atom stereocenters. The van der Waals surface area contributed by atoms with E-state index in [0.29, 0.717) is 0 Å². The van der Waals surface area contributed by atoms with Crippen molar-refractivity contribution in [2.75, 3.05) is 6.66 Å². The summed E-state index contributed by atoms with van der Waals surface area (Å²) in [6.45, 7) is -0.767. The molecule has 1 aliphatic rings. The van der Waals surface area contributed by atoms with E-state index in [1.165, 1.54) is 0 Å². The summed E-state index contributed by atoms with van der Waals surface area (Å²) in [5, 5.41) is 0. The van der Waals surface area contributed by atoms with Gasteiger partial charge in [-0.25, -0.2) is 0 Å². The molecule has 0 aromatic carbocycles. The molecule has 3 nitrogen and oxygen atoms in total. The van der Waals surface area contributed by atoms with Crippen molar-refractivity contribution in [3.63, 3.8) is 0 Å². The molecule has 0 N–H and O–H groups in total. The summed E-state index contributed by atoms with van der Waals surface area (Å²) in [6.07, 6.45) is 0. The van der Waals surface area contributed by atoms with Gasteiger partial charge in [-0.05, 0) is 45.0 Å². The molecule has 0 aliphatic carbocycles. The Hall–Kier alpha value is 2.14. The lowest BCUT2D eigenvalue weighted by Gasteiger charge is -2.18. The molecule has 1 aliphatic heterocycles. The van der Waals surface area contributed by atoms with Crippen molar-refractivity contribution in [1.82, 2.24) is 0 Å². The van der Waals surface area contributed by atoms with Gasteiger partial charge < -0.3 is 0 Å². The quantitative estimate of drug-likeness (QED) is 0.441. The van der Waals surface area contributed by atoms with Crippen LogP contribution in [0.4, 0.5) is 0 Å². The van der Waals surface area contributed by atoms with Gasteiger partial charge in [0.1, 0.15) is 0 Å². The van der Waals surface area contributed by atoms with E-state index in [2.05, 4.69) is 13.5 Å². The fourth-order valence-corrected chi connectivity index (χ4v) is 18.7. The van der Waals surface area contributed by atoms with Gasteiger partial charge in [0, 0.05) is 6.66 Å². The third kappa shape index (κ3) is 3.71. The fraction of sp³-hybridized carbons (Fsp3) is 1.00. The van der Waals surface area contributed by atoms with Gasteiger partial charge in [-0.1, -0.05) is 11.2 Å². The van der Waals surface area contributed by atoms with Crippen molar-refractivity contribution in [3.8, 4) is 0 Å². The van der Waals surface area contributed by atoms with Gasteiger partial charge in [-0.3, -0.25) is 0 Å². The SMILES string of the molecule is CP1(Cl)=NP(Cl)(Cl)=NP(Cl)(Cl)=N1. The second kappa shape index (κ2) is 3.62. The molecular formula is CH3Cl5N3P3. The van der Waals surface area contributed by atoms with Crippen LogP contribution >= 0.6 is 74.6 Å². The lowest BCUT2D eigenvalue weighted by molar-refractivity contribution is 1.76. The van der Waals surface area contributed by atoms with E-state index in [1.807, 2.05) is 0 Å².